The number of carbonyl (C=O) groups is 2. The first-order valence-corrected chi connectivity index (χ1v) is 8.44. The molecule has 126 valence electrons. The molecule has 24 heavy (non-hydrogen) atoms. The minimum Gasteiger partial charge on any atom is -0.465 e. The predicted molar refractivity (Wildman–Crippen MR) is 94.8 cm³/mol. The molecule has 2 heterocycles. The van der Waals surface area contributed by atoms with Gasteiger partial charge in [0, 0.05) is 23.7 Å². The topological polar surface area (TPSA) is 70.7 Å². The number of benzene rings is 1. The van der Waals surface area contributed by atoms with E-state index in [1.54, 1.807) is 12.1 Å². The van der Waals surface area contributed by atoms with E-state index in [1.165, 1.54) is 18.4 Å². The summed E-state index contributed by atoms with van der Waals surface area (Å²) in [6.07, 6.45) is 0.773. The van der Waals surface area contributed by atoms with Gasteiger partial charge < -0.3 is 15.0 Å². The highest BCUT2D eigenvalue weighted by atomic mass is 32.1. The minimum atomic E-state index is -0.410. The summed E-state index contributed by atoms with van der Waals surface area (Å²) in [6.45, 7) is 1.65. The number of rotatable bonds is 3. The number of carbonyl (C=O) groups excluding carboxylic acids is 2. The summed E-state index contributed by atoms with van der Waals surface area (Å²) in [7, 11) is 3.39. The normalized spacial score (nSPS) is 13.9. The lowest BCUT2D eigenvalue weighted by atomic mass is 10.0. The standard InChI is InChI=1S/C17H19N3O3S/c1-20-9-8-12-13(10-20)24-15(14(12)16(21)23-2)19-17(22)18-11-6-4-3-5-7-11/h3-7H,8-10H2,1-2H3,(H2,18,19,22). The predicted octanol–water partition coefficient (Wildman–Crippen LogP) is 3.17. The van der Waals surface area contributed by atoms with Crippen molar-refractivity contribution < 1.29 is 14.3 Å². The van der Waals surface area contributed by atoms with Crippen molar-refractivity contribution in [1.82, 2.24) is 4.90 Å². The third kappa shape index (κ3) is 3.42. The van der Waals surface area contributed by atoms with Crippen LogP contribution in [-0.2, 0) is 17.7 Å². The second-order valence-electron chi connectivity index (χ2n) is 5.63. The third-order valence-electron chi connectivity index (χ3n) is 3.90. The van der Waals surface area contributed by atoms with Gasteiger partial charge in [-0.1, -0.05) is 18.2 Å². The molecule has 7 heteroatoms. The Balaban J connectivity index is 1.84. The largest absolute Gasteiger partial charge is 0.465 e. The number of para-hydroxylation sites is 1. The van der Waals surface area contributed by atoms with E-state index in [1.807, 2.05) is 25.2 Å². The number of fused-ring (bicyclic) bond motifs is 1. The van der Waals surface area contributed by atoms with E-state index in [0.717, 1.165) is 30.0 Å². The summed E-state index contributed by atoms with van der Waals surface area (Å²) in [6, 6.07) is 8.79. The second kappa shape index (κ2) is 7.02. The van der Waals surface area contributed by atoms with Gasteiger partial charge in [-0.2, -0.15) is 0 Å². The number of methoxy groups -OCH3 is 1. The number of hydrogen-bond donors (Lipinski definition) is 2. The first-order valence-electron chi connectivity index (χ1n) is 7.63. The van der Waals surface area contributed by atoms with Crippen molar-refractivity contribution in [1.29, 1.82) is 0 Å². The molecule has 1 aromatic carbocycles. The highest BCUT2D eigenvalue weighted by Crippen LogP contribution is 2.37. The second-order valence-corrected chi connectivity index (χ2v) is 6.74. The Morgan fingerprint density at radius 2 is 1.96 bits per heavy atom. The van der Waals surface area contributed by atoms with E-state index in [4.69, 9.17) is 4.74 Å². The van der Waals surface area contributed by atoms with Crippen molar-refractivity contribution in [3.63, 3.8) is 0 Å². The van der Waals surface area contributed by atoms with Crippen LogP contribution in [0.2, 0.25) is 0 Å². The van der Waals surface area contributed by atoms with Gasteiger partial charge in [0.25, 0.3) is 0 Å². The van der Waals surface area contributed by atoms with Crippen molar-refractivity contribution >= 4 is 34.0 Å². The van der Waals surface area contributed by atoms with Gasteiger partial charge in [-0.05, 0) is 31.2 Å². The maximum Gasteiger partial charge on any atom is 0.341 e. The van der Waals surface area contributed by atoms with Crippen molar-refractivity contribution in [2.75, 3.05) is 31.3 Å². The molecule has 0 saturated carbocycles. The summed E-state index contributed by atoms with van der Waals surface area (Å²) in [5.74, 6) is -0.410. The van der Waals surface area contributed by atoms with E-state index >= 15 is 0 Å². The number of thiophene rings is 1. The molecule has 0 radical (unpaired) electrons. The Hall–Kier alpha value is -2.38. The number of anilines is 2. The molecular weight excluding hydrogens is 326 g/mol. The minimum absolute atomic E-state index is 0.377. The van der Waals surface area contributed by atoms with Gasteiger partial charge in [0.05, 0.1) is 12.7 Å². The lowest BCUT2D eigenvalue weighted by molar-refractivity contribution is 0.0600. The van der Waals surface area contributed by atoms with Gasteiger partial charge in [-0.15, -0.1) is 11.3 Å². The van der Waals surface area contributed by atoms with Crippen LogP contribution in [0.1, 0.15) is 20.8 Å². The van der Waals surface area contributed by atoms with Crippen LogP contribution < -0.4 is 10.6 Å². The van der Waals surface area contributed by atoms with Crippen LogP contribution in [0.4, 0.5) is 15.5 Å². The van der Waals surface area contributed by atoms with E-state index in [-0.39, 0.29) is 6.03 Å². The summed E-state index contributed by atoms with van der Waals surface area (Å²) in [5, 5.41) is 6.09. The van der Waals surface area contributed by atoms with Gasteiger partial charge in [-0.25, -0.2) is 9.59 Å². The van der Waals surface area contributed by atoms with Gasteiger partial charge in [0.15, 0.2) is 0 Å². The van der Waals surface area contributed by atoms with E-state index < -0.39 is 5.97 Å². The lowest BCUT2D eigenvalue weighted by Crippen LogP contribution is -2.26. The Morgan fingerprint density at radius 3 is 2.67 bits per heavy atom. The molecule has 0 bridgehead atoms. The van der Waals surface area contributed by atoms with Crippen LogP contribution in [0, 0.1) is 0 Å². The summed E-state index contributed by atoms with van der Waals surface area (Å²) < 4.78 is 4.91. The van der Waals surface area contributed by atoms with Crippen LogP contribution in [0.15, 0.2) is 30.3 Å². The number of nitrogens with one attached hydrogen (secondary N) is 2. The molecule has 0 spiro atoms. The van der Waals surface area contributed by atoms with Gasteiger partial charge in [0.2, 0.25) is 0 Å². The maximum atomic E-state index is 12.2. The van der Waals surface area contributed by atoms with Crippen LogP contribution in [0.3, 0.4) is 0 Å². The highest BCUT2D eigenvalue weighted by molar-refractivity contribution is 7.17. The molecule has 1 aromatic heterocycles. The SMILES string of the molecule is COC(=O)c1c(NC(=O)Nc2ccccc2)sc2c1CCN(C)C2. The van der Waals surface area contributed by atoms with Crippen LogP contribution >= 0.6 is 11.3 Å². The molecule has 2 amide bonds. The first kappa shape index (κ1) is 16.5. The first-order chi connectivity index (χ1) is 11.6. The number of amides is 2. The molecule has 0 saturated heterocycles. The Labute approximate surface area is 144 Å². The number of hydrogen-bond acceptors (Lipinski definition) is 5. The van der Waals surface area contributed by atoms with Crippen molar-refractivity contribution in [3.05, 3.63) is 46.3 Å². The number of nitrogens with zero attached hydrogens (tertiary/aromatic N) is 1. The zero-order valence-corrected chi connectivity index (χ0v) is 14.4. The third-order valence-corrected chi connectivity index (χ3v) is 5.03. The highest BCUT2D eigenvalue weighted by Gasteiger charge is 2.28. The van der Waals surface area contributed by atoms with Gasteiger partial charge in [0.1, 0.15) is 5.00 Å². The molecule has 0 aliphatic carbocycles. The quantitative estimate of drug-likeness (QED) is 0.838. The molecule has 1 aliphatic rings. The Kier molecular flexibility index (Phi) is 4.82. The fraction of sp³-hybridized carbons (Fsp3) is 0.294. The lowest BCUT2D eigenvalue weighted by Gasteiger charge is -2.22. The fourth-order valence-corrected chi connectivity index (χ4v) is 4.04. The molecule has 3 rings (SSSR count). The Bertz CT molecular complexity index is 758. The van der Waals surface area contributed by atoms with Gasteiger partial charge in [-0.3, -0.25) is 5.32 Å². The monoisotopic (exact) mass is 345 g/mol. The van der Waals surface area contributed by atoms with Crippen LogP contribution in [0.5, 0.6) is 0 Å². The molecule has 0 unspecified atom stereocenters. The molecule has 6 nitrogen and oxygen atoms in total. The average molecular weight is 345 g/mol. The van der Waals surface area contributed by atoms with Crippen molar-refractivity contribution in [2.24, 2.45) is 0 Å². The molecule has 0 atom stereocenters. The van der Waals surface area contributed by atoms with Crippen molar-refractivity contribution in [2.45, 2.75) is 13.0 Å². The van der Waals surface area contributed by atoms with Crippen molar-refractivity contribution in [3.8, 4) is 0 Å². The van der Waals surface area contributed by atoms with E-state index in [2.05, 4.69) is 15.5 Å². The van der Waals surface area contributed by atoms with E-state index in [0.29, 0.717) is 16.3 Å². The number of likely N-dealkylation sites (N-methyl/N-ethyl adjacent to an activating group) is 1. The maximum absolute atomic E-state index is 12.2. The number of ether oxygens (including phenoxy) is 1. The molecule has 2 aromatic rings. The molecule has 0 fully saturated rings. The van der Waals surface area contributed by atoms with Gasteiger partial charge >= 0.3 is 12.0 Å². The van der Waals surface area contributed by atoms with E-state index in [9.17, 15) is 9.59 Å². The summed E-state index contributed by atoms with van der Waals surface area (Å²) in [5.41, 5.74) is 2.16. The van der Waals surface area contributed by atoms with Crippen LogP contribution in [0.25, 0.3) is 0 Å². The number of urea groups is 1. The summed E-state index contributed by atoms with van der Waals surface area (Å²) in [4.78, 5) is 27.7. The Morgan fingerprint density at radius 1 is 1.21 bits per heavy atom. The smallest absolute Gasteiger partial charge is 0.341 e. The summed E-state index contributed by atoms with van der Waals surface area (Å²) >= 11 is 1.43. The molecular formula is C17H19N3O3S. The molecule has 1 aliphatic heterocycles. The van der Waals surface area contributed by atoms with Crippen LogP contribution in [-0.4, -0.2) is 37.6 Å². The molecule has 2 N–H and O–H groups in total. The zero-order valence-electron chi connectivity index (χ0n) is 13.6. The zero-order chi connectivity index (χ0) is 17.1. The number of esters is 1. The average Bonchev–Trinajstić information content (AvgIpc) is 2.91. The fourth-order valence-electron chi connectivity index (χ4n) is 2.72.